The van der Waals surface area contributed by atoms with E-state index in [1.165, 1.54) is 0 Å². The molecule has 0 spiro atoms. The zero-order valence-electron chi connectivity index (χ0n) is 5.26. The average Bonchev–Trinajstić information content (AvgIpc) is 1.81. The molecular formula is C6H13NO. The maximum atomic E-state index is 5.17. The summed E-state index contributed by atoms with van der Waals surface area (Å²) < 4.78 is 4.99. The van der Waals surface area contributed by atoms with Crippen LogP contribution < -0.4 is 5.73 Å². The van der Waals surface area contributed by atoms with E-state index < -0.39 is 0 Å². The van der Waals surface area contributed by atoms with Crippen LogP contribution in [-0.2, 0) is 4.74 Å². The molecule has 2 N–H and O–H groups in total. The minimum Gasteiger partial charge on any atom is -0.378 e. The van der Waals surface area contributed by atoms with Gasteiger partial charge < -0.3 is 10.5 Å². The molecule has 0 aliphatic rings. The summed E-state index contributed by atoms with van der Waals surface area (Å²) >= 11 is 0. The Bertz CT molecular complexity index is 61.5. The van der Waals surface area contributed by atoms with E-state index in [4.69, 9.17) is 10.5 Å². The van der Waals surface area contributed by atoms with E-state index in [1.54, 1.807) is 0 Å². The second-order valence-electron chi connectivity index (χ2n) is 1.37. The predicted octanol–water partition coefficient (Wildman–Crippen LogP) is 0.538. The molecule has 0 fully saturated rings. The molecule has 2 heteroatoms. The summed E-state index contributed by atoms with van der Waals surface area (Å²) in [7, 11) is 0. The van der Waals surface area contributed by atoms with Crippen LogP contribution in [0.2, 0.25) is 0 Å². The number of ether oxygens (including phenoxy) is 1. The Morgan fingerprint density at radius 2 is 2.25 bits per heavy atom. The highest BCUT2D eigenvalue weighted by atomic mass is 16.5. The molecule has 0 saturated carbocycles. The molecule has 0 bridgehead atoms. The van der Waals surface area contributed by atoms with Crippen molar-refractivity contribution in [2.24, 2.45) is 5.73 Å². The summed E-state index contributed by atoms with van der Waals surface area (Å²) in [5.41, 5.74) is 5.17. The van der Waals surface area contributed by atoms with E-state index in [0.717, 1.165) is 6.61 Å². The third kappa shape index (κ3) is 5.66. The van der Waals surface area contributed by atoms with E-state index in [9.17, 15) is 0 Å². The molecule has 2 nitrogen and oxygen atoms in total. The Hall–Kier alpha value is -0.340. The summed E-state index contributed by atoms with van der Waals surface area (Å²) in [6, 6.07) is 0. The van der Waals surface area contributed by atoms with Crippen molar-refractivity contribution < 1.29 is 4.74 Å². The van der Waals surface area contributed by atoms with Gasteiger partial charge in [-0.25, -0.2) is 0 Å². The zero-order valence-corrected chi connectivity index (χ0v) is 5.26. The van der Waals surface area contributed by atoms with Gasteiger partial charge in [0.25, 0.3) is 0 Å². The van der Waals surface area contributed by atoms with Crippen LogP contribution in [0.15, 0.2) is 12.2 Å². The van der Waals surface area contributed by atoms with Crippen molar-refractivity contribution in [1.29, 1.82) is 0 Å². The fraction of sp³-hybridized carbons (Fsp3) is 0.667. The standard InChI is InChI=1S/C6H13NO/c1-2-8-6-4-3-5-7/h3-4H,2,5-7H2,1H3. The van der Waals surface area contributed by atoms with Gasteiger partial charge in [0.2, 0.25) is 0 Å². The largest absolute Gasteiger partial charge is 0.378 e. The maximum absolute atomic E-state index is 5.17. The fourth-order valence-corrected chi connectivity index (χ4v) is 0.350. The average molecular weight is 115 g/mol. The second-order valence-corrected chi connectivity index (χ2v) is 1.37. The van der Waals surface area contributed by atoms with Crippen molar-refractivity contribution in [1.82, 2.24) is 0 Å². The number of hydrogen-bond acceptors (Lipinski definition) is 2. The van der Waals surface area contributed by atoms with Crippen LogP contribution in [0.4, 0.5) is 0 Å². The van der Waals surface area contributed by atoms with E-state index in [0.29, 0.717) is 13.2 Å². The molecule has 0 radical (unpaired) electrons. The zero-order chi connectivity index (χ0) is 6.24. The predicted molar refractivity (Wildman–Crippen MR) is 34.7 cm³/mol. The van der Waals surface area contributed by atoms with Gasteiger partial charge in [0.1, 0.15) is 0 Å². The summed E-state index contributed by atoms with van der Waals surface area (Å²) in [6.07, 6.45) is 3.80. The Morgan fingerprint density at radius 3 is 2.75 bits per heavy atom. The molecule has 0 unspecified atom stereocenters. The quantitative estimate of drug-likeness (QED) is 0.428. The monoisotopic (exact) mass is 115 g/mol. The molecular weight excluding hydrogens is 102 g/mol. The fourth-order valence-electron chi connectivity index (χ4n) is 0.350. The van der Waals surface area contributed by atoms with Crippen LogP contribution in [0.25, 0.3) is 0 Å². The van der Waals surface area contributed by atoms with Gasteiger partial charge in [0, 0.05) is 13.2 Å². The van der Waals surface area contributed by atoms with Crippen LogP contribution >= 0.6 is 0 Å². The highest BCUT2D eigenvalue weighted by molar-refractivity contribution is 4.81. The van der Waals surface area contributed by atoms with Crippen LogP contribution in [0.5, 0.6) is 0 Å². The lowest BCUT2D eigenvalue weighted by molar-refractivity contribution is 0.177. The highest BCUT2D eigenvalue weighted by Crippen LogP contribution is 1.73. The van der Waals surface area contributed by atoms with Gasteiger partial charge in [-0.2, -0.15) is 0 Å². The van der Waals surface area contributed by atoms with E-state index in [2.05, 4.69) is 0 Å². The molecule has 0 amide bonds. The lowest BCUT2D eigenvalue weighted by Crippen LogP contribution is -1.94. The van der Waals surface area contributed by atoms with Crippen LogP contribution in [0.3, 0.4) is 0 Å². The van der Waals surface area contributed by atoms with Crippen molar-refractivity contribution >= 4 is 0 Å². The molecule has 48 valence electrons. The van der Waals surface area contributed by atoms with E-state index >= 15 is 0 Å². The normalized spacial score (nSPS) is 10.8. The maximum Gasteiger partial charge on any atom is 0.0647 e. The van der Waals surface area contributed by atoms with Crippen molar-refractivity contribution in [3.63, 3.8) is 0 Å². The number of rotatable bonds is 4. The van der Waals surface area contributed by atoms with Gasteiger partial charge >= 0.3 is 0 Å². The van der Waals surface area contributed by atoms with E-state index in [-0.39, 0.29) is 0 Å². The van der Waals surface area contributed by atoms with Crippen LogP contribution in [-0.4, -0.2) is 19.8 Å². The molecule has 0 heterocycles. The summed E-state index contributed by atoms with van der Waals surface area (Å²) in [5, 5.41) is 0. The molecule has 0 aliphatic carbocycles. The van der Waals surface area contributed by atoms with Gasteiger partial charge in [-0.1, -0.05) is 12.2 Å². The summed E-state index contributed by atoms with van der Waals surface area (Å²) in [6.45, 7) is 4.03. The molecule has 0 aromatic rings. The summed E-state index contributed by atoms with van der Waals surface area (Å²) in [5.74, 6) is 0. The number of hydrogen-bond donors (Lipinski definition) is 1. The van der Waals surface area contributed by atoms with Gasteiger partial charge in [-0.3, -0.25) is 0 Å². The first-order valence-electron chi connectivity index (χ1n) is 2.84. The van der Waals surface area contributed by atoms with Gasteiger partial charge in [0.05, 0.1) is 6.61 Å². The topological polar surface area (TPSA) is 35.2 Å². The van der Waals surface area contributed by atoms with Crippen LogP contribution in [0.1, 0.15) is 6.92 Å². The van der Waals surface area contributed by atoms with Gasteiger partial charge in [-0.15, -0.1) is 0 Å². The third-order valence-electron chi connectivity index (χ3n) is 0.721. The molecule has 0 rings (SSSR count). The minimum absolute atomic E-state index is 0.604. The second kappa shape index (κ2) is 6.66. The number of nitrogens with two attached hydrogens (primary N) is 1. The smallest absolute Gasteiger partial charge is 0.0647 e. The first kappa shape index (κ1) is 7.66. The Kier molecular flexibility index (Phi) is 6.38. The molecule has 8 heavy (non-hydrogen) atoms. The van der Waals surface area contributed by atoms with Crippen molar-refractivity contribution in [2.75, 3.05) is 19.8 Å². The minimum atomic E-state index is 0.604. The van der Waals surface area contributed by atoms with E-state index in [1.807, 2.05) is 19.1 Å². The van der Waals surface area contributed by atoms with Crippen LogP contribution in [0, 0.1) is 0 Å². The summed E-state index contributed by atoms with van der Waals surface area (Å²) in [4.78, 5) is 0. The molecule has 0 atom stereocenters. The first-order chi connectivity index (χ1) is 3.91. The molecule has 0 aromatic heterocycles. The lowest BCUT2D eigenvalue weighted by Gasteiger charge is -1.90. The SMILES string of the molecule is CCOCC=CCN. The first-order valence-corrected chi connectivity index (χ1v) is 2.84. The van der Waals surface area contributed by atoms with Crippen molar-refractivity contribution in [3.8, 4) is 0 Å². The Morgan fingerprint density at radius 1 is 1.50 bits per heavy atom. The molecule has 0 saturated heterocycles. The highest BCUT2D eigenvalue weighted by Gasteiger charge is 1.72. The third-order valence-corrected chi connectivity index (χ3v) is 0.721. The van der Waals surface area contributed by atoms with Crippen molar-refractivity contribution in [3.05, 3.63) is 12.2 Å². The lowest BCUT2D eigenvalue weighted by atomic mass is 10.5. The Balaban J connectivity index is 2.80. The van der Waals surface area contributed by atoms with Crippen molar-refractivity contribution in [2.45, 2.75) is 6.92 Å². The molecule has 0 aliphatic heterocycles. The van der Waals surface area contributed by atoms with Gasteiger partial charge in [-0.05, 0) is 6.92 Å². The molecule has 0 aromatic carbocycles. The van der Waals surface area contributed by atoms with Gasteiger partial charge in [0.15, 0.2) is 0 Å². The Labute approximate surface area is 50.3 Å².